The van der Waals surface area contributed by atoms with E-state index in [2.05, 4.69) is 16.0 Å². The van der Waals surface area contributed by atoms with Crippen molar-refractivity contribution < 1.29 is 19.5 Å². The number of aliphatic carboxylic acids is 1. The zero-order chi connectivity index (χ0) is 24.0. The summed E-state index contributed by atoms with van der Waals surface area (Å²) in [6, 6.07) is 14.0. The van der Waals surface area contributed by atoms with Crippen molar-refractivity contribution in [3.63, 3.8) is 0 Å². The Hall–Kier alpha value is -3.14. The summed E-state index contributed by atoms with van der Waals surface area (Å²) >= 11 is 0. The van der Waals surface area contributed by atoms with Gasteiger partial charge in [0.1, 0.15) is 11.4 Å². The van der Waals surface area contributed by atoms with Crippen LogP contribution in [0.4, 0.5) is 0 Å². The molecule has 2 aromatic rings. The normalized spacial score (nSPS) is 13.9. The zero-order valence-corrected chi connectivity index (χ0v) is 20.9. The molecule has 0 heterocycles. The summed E-state index contributed by atoms with van der Waals surface area (Å²) in [5, 5.41) is 25.0. The minimum absolute atomic E-state index is 0. The molecule has 1 aliphatic carbocycles. The summed E-state index contributed by atoms with van der Waals surface area (Å²) in [5.41, 5.74) is 7.73. The maximum absolute atomic E-state index is 13.4. The lowest BCUT2D eigenvalue weighted by Gasteiger charge is -2.31. The summed E-state index contributed by atoms with van der Waals surface area (Å²) in [6.07, 6.45) is 1.07. The molecule has 0 aromatic heterocycles. The van der Waals surface area contributed by atoms with E-state index in [4.69, 9.17) is 16.2 Å². The van der Waals surface area contributed by atoms with Gasteiger partial charge in [-0.1, -0.05) is 55.5 Å². The first kappa shape index (κ1) is 29.9. The van der Waals surface area contributed by atoms with E-state index in [-0.39, 0.29) is 49.6 Å². The largest absolute Gasteiger partial charge is 0.480 e. The number of carboxylic acids is 1. The molecule has 2 aromatic carbocycles. The number of rotatable bonds is 10. The molecule has 0 aliphatic heterocycles. The predicted molar refractivity (Wildman–Crippen MR) is 138 cm³/mol. The molecule has 190 valence electrons. The summed E-state index contributed by atoms with van der Waals surface area (Å²) in [4.78, 5) is 37.3. The van der Waals surface area contributed by atoms with Gasteiger partial charge in [-0.25, -0.2) is 0 Å². The highest BCUT2D eigenvalue weighted by molar-refractivity contribution is 5.95. The highest BCUT2D eigenvalue weighted by atomic mass is 35.5. The lowest BCUT2D eigenvalue weighted by molar-refractivity contribution is -0.137. The molecule has 0 radical (unpaired) electrons. The molecule has 0 saturated heterocycles. The Bertz CT molecular complexity index is 1040. The lowest BCUT2D eigenvalue weighted by Crippen LogP contribution is -2.62. The van der Waals surface area contributed by atoms with Crippen LogP contribution in [0, 0.1) is 5.41 Å². The van der Waals surface area contributed by atoms with E-state index >= 15 is 0 Å². The maximum atomic E-state index is 13.4. The van der Waals surface area contributed by atoms with Crippen molar-refractivity contribution in [3.8, 4) is 0 Å². The Labute approximate surface area is 216 Å². The summed E-state index contributed by atoms with van der Waals surface area (Å²) < 4.78 is 0. The van der Waals surface area contributed by atoms with E-state index in [1.54, 1.807) is 31.2 Å². The first-order valence-corrected chi connectivity index (χ1v) is 10.8. The van der Waals surface area contributed by atoms with Gasteiger partial charge in [0.15, 0.2) is 0 Å². The van der Waals surface area contributed by atoms with Gasteiger partial charge in [0.2, 0.25) is 11.8 Å². The molecule has 11 heteroatoms. The van der Waals surface area contributed by atoms with Crippen LogP contribution in [0.25, 0.3) is 0 Å². The van der Waals surface area contributed by atoms with Crippen LogP contribution in [0.2, 0.25) is 0 Å². The van der Waals surface area contributed by atoms with Crippen molar-refractivity contribution in [2.45, 2.75) is 44.3 Å². The van der Waals surface area contributed by atoms with Crippen LogP contribution in [0.1, 0.15) is 35.6 Å². The Morgan fingerprint density at radius 2 is 1.63 bits per heavy atom. The van der Waals surface area contributed by atoms with E-state index in [0.29, 0.717) is 24.8 Å². The molecule has 2 amide bonds. The fourth-order valence-corrected chi connectivity index (χ4v) is 4.03. The fourth-order valence-electron chi connectivity index (χ4n) is 4.03. The molecule has 3 rings (SSSR count). The third-order valence-electron chi connectivity index (χ3n) is 5.84. The van der Waals surface area contributed by atoms with Crippen molar-refractivity contribution in [1.29, 1.82) is 5.41 Å². The van der Waals surface area contributed by atoms with Crippen molar-refractivity contribution in [2.75, 3.05) is 6.54 Å². The second-order valence-corrected chi connectivity index (χ2v) is 8.22. The zero-order valence-electron chi connectivity index (χ0n) is 19.3. The van der Waals surface area contributed by atoms with E-state index in [1.165, 1.54) is 0 Å². The van der Waals surface area contributed by atoms with Crippen LogP contribution in [-0.4, -0.2) is 46.9 Å². The molecule has 0 bridgehead atoms. The number of halogens is 2. The van der Waals surface area contributed by atoms with Gasteiger partial charge in [0.25, 0.3) is 0 Å². The van der Waals surface area contributed by atoms with E-state index in [1.807, 2.05) is 24.3 Å². The minimum atomic E-state index is -1.17. The number of nitrogens with two attached hydrogens (primary N) is 1. The number of carbonyl (C=O) groups is 3. The number of hydrogen-bond donors (Lipinski definition) is 6. The number of carbonyl (C=O) groups excluding carboxylic acids is 2. The van der Waals surface area contributed by atoms with Crippen molar-refractivity contribution >= 4 is 48.4 Å². The first-order valence-electron chi connectivity index (χ1n) is 10.8. The van der Waals surface area contributed by atoms with Crippen LogP contribution in [0.5, 0.6) is 0 Å². The SMILES string of the molecule is CC[C@@H](NCC(=O)O)C(=O)NC1(C(=O)NCc2ccc(C(=N)N)cc2)Cc2ccccc2C1.Cl.Cl. The van der Waals surface area contributed by atoms with Gasteiger partial charge in [-0.2, -0.15) is 0 Å². The van der Waals surface area contributed by atoms with Crippen LogP contribution in [0.3, 0.4) is 0 Å². The Morgan fingerprint density at radius 1 is 1.06 bits per heavy atom. The van der Waals surface area contributed by atoms with E-state index in [0.717, 1.165) is 16.7 Å². The maximum Gasteiger partial charge on any atom is 0.317 e. The summed E-state index contributed by atoms with van der Waals surface area (Å²) in [6.45, 7) is 1.68. The standard InChI is InChI=1S/C24H29N5O4.2ClH/c1-2-19(27-14-20(30)31)22(32)29-24(11-17-5-3-4-6-18(17)12-24)23(33)28-13-15-7-9-16(10-8-15)21(25)26;;/h3-10,19,27H,2,11-14H2,1H3,(H3,25,26)(H,28,33)(H,29,32)(H,30,31);2*1H/t19-;;/m1../s1. The molecule has 0 fully saturated rings. The number of hydrogen-bond acceptors (Lipinski definition) is 5. The topological polar surface area (TPSA) is 157 Å². The predicted octanol–water partition coefficient (Wildman–Crippen LogP) is 1.54. The van der Waals surface area contributed by atoms with Gasteiger partial charge in [-0.15, -0.1) is 24.8 Å². The Balaban J connectivity index is 0.00000306. The quantitative estimate of drug-likeness (QED) is 0.204. The molecule has 1 atom stereocenters. The third-order valence-corrected chi connectivity index (χ3v) is 5.84. The van der Waals surface area contributed by atoms with Gasteiger partial charge in [0, 0.05) is 24.9 Å². The smallest absolute Gasteiger partial charge is 0.317 e. The van der Waals surface area contributed by atoms with Crippen molar-refractivity contribution in [2.24, 2.45) is 5.73 Å². The monoisotopic (exact) mass is 523 g/mol. The van der Waals surface area contributed by atoms with Crippen LogP contribution in [-0.2, 0) is 33.8 Å². The number of fused-ring (bicyclic) bond motifs is 1. The van der Waals surface area contributed by atoms with Gasteiger partial charge in [-0.05, 0) is 23.1 Å². The number of amidine groups is 1. The van der Waals surface area contributed by atoms with E-state index in [9.17, 15) is 14.4 Å². The molecule has 0 spiro atoms. The van der Waals surface area contributed by atoms with E-state index < -0.39 is 23.5 Å². The lowest BCUT2D eigenvalue weighted by atomic mass is 9.93. The average molecular weight is 524 g/mol. The molecule has 1 aliphatic rings. The Kier molecular flexibility index (Phi) is 11.2. The van der Waals surface area contributed by atoms with Crippen LogP contribution < -0.4 is 21.7 Å². The van der Waals surface area contributed by atoms with Crippen molar-refractivity contribution in [3.05, 3.63) is 70.8 Å². The third kappa shape index (κ3) is 7.42. The van der Waals surface area contributed by atoms with Gasteiger partial charge < -0.3 is 21.5 Å². The molecule has 0 saturated carbocycles. The number of nitrogens with one attached hydrogen (secondary N) is 4. The highest BCUT2D eigenvalue weighted by Gasteiger charge is 2.45. The van der Waals surface area contributed by atoms with Crippen LogP contribution in [0.15, 0.2) is 48.5 Å². The second kappa shape index (κ2) is 13.1. The molecular weight excluding hydrogens is 493 g/mol. The highest BCUT2D eigenvalue weighted by Crippen LogP contribution is 2.30. The van der Waals surface area contributed by atoms with Gasteiger partial charge in [-0.3, -0.25) is 25.1 Å². The summed E-state index contributed by atoms with van der Waals surface area (Å²) in [5.74, 6) is -1.81. The van der Waals surface area contributed by atoms with Crippen LogP contribution >= 0.6 is 24.8 Å². The molecule has 9 nitrogen and oxygen atoms in total. The summed E-state index contributed by atoms with van der Waals surface area (Å²) in [7, 11) is 0. The molecule has 7 N–H and O–H groups in total. The average Bonchev–Trinajstić information content (AvgIpc) is 3.17. The molecule has 35 heavy (non-hydrogen) atoms. The van der Waals surface area contributed by atoms with Crippen molar-refractivity contribution in [1.82, 2.24) is 16.0 Å². The second-order valence-electron chi connectivity index (χ2n) is 8.22. The Morgan fingerprint density at radius 3 is 2.11 bits per heavy atom. The minimum Gasteiger partial charge on any atom is -0.480 e. The number of benzene rings is 2. The number of amides is 2. The molecule has 0 unspecified atom stereocenters. The fraction of sp³-hybridized carbons (Fsp3) is 0.333. The molecular formula is C24H31Cl2N5O4. The number of carboxylic acid groups (broad SMARTS) is 1. The number of nitrogen functional groups attached to an aromatic ring is 1. The van der Waals surface area contributed by atoms with Gasteiger partial charge >= 0.3 is 5.97 Å². The first-order chi connectivity index (χ1) is 15.7. The van der Waals surface area contributed by atoms with Gasteiger partial charge in [0.05, 0.1) is 12.6 Å².